The lowest BCUT2D eigenvalue weighted by atomic mass is 10.1. The molecule has 1 amide bonds. The van der Waals surface area contributed by atoms with E-state index in [0.717, 1.165) is 22.0 Å². The first-order chi connectivity index (χ1) is 15.0. The smallest absolute Gasteiger partial charge is 0.266 e. The van der Waals surface area contributed by atoms with Crippen molar-refractivity contribution >= 4 is 51.8 Å². The fourth-order valence-electron chi connectivity index (χ4n) is 3.34. The van der Waals surface area contributed by atoms with Crippen molar-refractivity contribution in [3.8, 4) is 6.07 Å². The van der Waals surface area contributed by atoms with Gasteiger partial charge in [-0.25, -0.2) is 0 Å². The van der Waals surface area contributed by atoms with Gasteiger partial charge in [-0.1, -0.05) is 53.5 Å². The first-order valence-electron chi connectivity index (χ1n) is 9.54. The molecule has 0 saturated heterocycles. The summed E-state index contributed by atoms with van der Waals surface area (Å²) in [5.74, 6) is -0.473. The zero-order valence-electron chi connectivity index (χ0n) is 16.3. The number of anilines is 1. The van der Waals surface area contributed by atoms with Crippen molar-refractivity contribution in [2.24, 2.45) is 0 Å². The summed E-state index contributed by atoms with van der Waals surface area (Å²) >= 11 is 11.9. The number of rotatable bonds is 5. The SMILES string of the molecule is N#CC(=Cc1cn(Cc2ccc(Cl)cc2)c2ccccc12)C(=O)Nc1ccc(Cl)cc1. The van der Waals surface area contributed by atoms with E-state index < -0.39 is 5.91 Å². The van der Waals surface area contributed by atoms with Crippen molar-refractivity contribution in [1.29, 1.82) is 5.26 Å². The van der Waals surface area contributed by atoms with E-state index in [-0.39, 0.29) is 5.57 Å². The molecule has 31 heavy (non-hydrogen) atoms. The number of carbonyl (C=O) groups excluding carboxylic acids is 1. The van der Waals surface area contributed by atoms with Gasteiger partial charge in [-0.2, -0.15) is 5.26 Å². The number of aromatic nitrogens is 1. The van der Waals surface area contributed by atoms with Crippen molar-refractivity contribution < 1.29 is 4.79 Å². The third-order valence-corrected chi connectivity index (χ3v) is 5.36. The normalized spacial score (nSPS) is 11.3. The lowest BCUT2D eigenvalue weighted by Gasteiger charge is -2.05. The van der Waals surface area contributed by atoms with Gasteiger partial charge in [-0.15, -0.1) is 0 Å². The number of nitrogens with one attached hydrogen (secondary N) is 1. The van der Waals surface area contributed by atoms with E-state index in [9.17, 15) is 10.1 Å². The standard InChI is InChI=1S/C25H17Cl2N3O/c26-20-7-5-17(6-8-20)15-30-16-19(23-3-1-2-4-24(23)30)13-18(14-28)25(31)29-22-11-9-21(27)10-12-22/h1-13,16H,15H2,(H,29,31). The Labute approximate surface area is 189 Å². The number of hydrogen-bond acceptors (Lipinski definition) is 2. The van der Waals surface area contributed by atoms with Gasteiger partial charge >= 0.3 is 0 Å². The Morgan fingerprint density at radius 1 is 0.968 bits per heavy atom. The average molecular weight is 446 g/mol. The van der Waals surface area contributed by atoms with Crippen LogP contribution in [0.25, 0.3) is 17.0 Å². The zero-order valence-corrected chi connectivity index (χ0v) is 17.9. The Morgan fingerprint density at radius 3 is 2.29 bits per heavy atom. The van der Waals surface area contributed by atoms with Gasteiger partial charge < -0.3 is 9.88 Å². The highest BCUT2D eigenvalue weighted by Gasteiger charge is 2.13. The lowest BCUT2D eigenvalue weighted by Crippen LogP contribution is -2.13. The highest BCUT2D eigenvalue weighted by molar-refractivity contribution is 6.30. The van der Waals surface area contributed by atoms with Crippen molar-refractivity contribution in [3.05, 3.63) is 106 Å². The van der Waals surface area contributed by atoms with Crippen molar-refractivity contribution in [2.75, 3.05) is 5.32 Å². The minimum absolute atomic E-state index is 0.0179. The molecular weight excluding hydrogens is 429 g/mol. The summed E-state index contributed by atoms with van der Waals surface area (Å²) in [6.07, 6.45) is 3.57. The predicted octanol–water partition coefficient (Wildman–Crippen LogP) is 6.54. The van der Waals surface area contributed by atoms with Gasteiger partial charge in [-0.05, 0) is 54.1 Å². The number of carbonyl (C=O) groups is 1. The molecule has 1 N–H and O–H groups in total. The highest BCUT2D eigenvalue weighted by atomic mass is 35.5. The number of fused-ring (bicyclic) bond motifs is 1. The monoisotopic (exact) mass is 445 g/mol. The van der Waals surface area contributed by atoms with E-state index in [1.165, 1.54) is 0 Å². The van der Waals surface area contributed by atoms with Crippen LogP contribution in [-0.4, -0.2) is 10.5 Å². The summed E-state index contributed by atoms with van der Waals surface area (Å²) in [6.45, 7) is 0.643. The maximum absolute atomic E-state index is 12.6. The molecule has 0 spiro atoms. The maximum atomic E-state index is 12.6. The van der Waals surface area contributed by atoms with Crippen molar-refractivity contribution in [1.82, 2.24) is 4.57 Å². The molecule has 0 atom stereocenters. The second-order valence-electron chi connectivity index (χ2n) is 6.99. The molecule has 0 radical (unpaired) electrons. The van der Waals surface area contributed by atoms with Crippen LogP contribution in [0.5, 0.6) is 0 Å². The summed E-state index contributed by atoms with van der Waals surface area (Å²) in [4.78, 5) is 12.6. The summed E-state index contributed by atoms with van der Waals surface area (Å²) in [7, 11) is 0. The van der Waals surface area contributed by atoms with Crippen LogP contribution < -0.4 is 5.32 Å². The maximum Gasteiger partial charge on any atom is 0.266 e. The van der Waals surface area contributed by atoms with Crippen LogP contribution in [0.3, 0.4) is 0 Å². The van der Waals surface area contributed by atoms with Gasteiger partial charge in [0.2, 0.25) is 0 Å². The Balaban J connectivity index is 1.66. The van der Waals surface area contributed by atoms with Gasteiger partial charge in [-0.3, -0.25) is 4.79 Å². The summed E-state index contributed by atoms with van der Waals surface area (Å²) in [5.41, 5.74) is 3.50. The molecular formula is C25H17Cl2N3O. The molecule has 4 nitrogen and oxygen atoms in total. The molecule has 0 aliphatic heterocycles. The van der Waals surface area contributed by atoms with E-state index >= 15 is 0 Å². The van der Waals surface area contributed by atoms with Gasteiger partial charge in [0.15, 0.2) is 0 Å². The molecule has 4 rings (SSSR count). The Morgan fingerprint density at radius 2 is 1.61 bits per heavy atom. The van der Waals surface area contributed by atoms with E-state index in [4.69, 9.17) is 23.2 Å². The Bertz CT molecular complexity index is 1310. The van der Waals surface area contributed by atoms with Crippen LogP contribution in [0.15, 0.2) is 84.6 Å². The lowest BCUT2D eigenvalue weighted by molar-refractivity contribution is -0.112. The minimum atomic E-state index is -0.473. The molecule has 0 bridgehead atoms. The largest absolute Gasteiger partial charge is 0.342 e. The molecule has 0 aliphatic carbocycles. The van der Waals surface area contributed by atoms with E-state index in [1.54, 1.807) is 30.3 Å². The zero-order chi connectivity index (χ0) is 21.8. The second-order valence-corrected chi connectivity index (χ2v) is 7.86. The number of halogens is 2. The third-order valence-electron chi connectivity index (χ3n) is 4.85. The van der Waals surface area contributed by atoms with E-state index in [1.807, 2.05) is 60.8 Å². The van der Waals surface area contributed by atoms with Gasteiger partial charge in [0.25, 0.3) is 5.91 Å². The van der Waals surface area contributed by atoms with Crippen LogP contribution in [0.4, 0.5) is 5.69 Å². The fraction of sp³-hybridized carbons (Fsp3) is 0.0400. The molecule has 0 fully saturated rings. The molecule has 1 heterocycles. The quantitative estimate of drug-likeness (QED) is 0.280. The molecule has 3 aromatic carbocycles. The van der Waals surface area contributed by atoms with Crippen LogP contribution in [0.1, 0.15) is 11.1 Å². The summed E-state index contributed by atoms with van der Waals surface area (Å²) in [5, 5.41) is 14.6. The first kappa shape index (κ1) is 20.7. The molecule has 4 aromatic rings. The topological polar surface area (TPSA) is 57.8 Å². The van der Waals surface area contributed by atoms with Crippen LogP contribution in [0, 0.1) is 11.3 Å². The van der Waals surface area contributed by atoms with Crippen molar-refractivity contribution in [3.63, 3.8) is 0 Å². The Kier molecular flexibility index (Phi) is 6.08. The van der Waals surface area contributed by atoms with Gasteiger partial charge in [0, 0.05) is 44.9 Å². The van der Waals surface area contributed by atoms with Crippen LogP contribution >= 0.6 is 23.2 Å². The van der Waals surface area contributed by atoms with Crippen LogP contribution in [0.2, 0.25) is 10.0 Å². The van der Waals surface area contributed by atoms with Gasteiger partial charge in [0.05, 0.1) is 0 Å². The molecule has 1 aromatic heterocycles. The Hall–Kier alpha value is -3.52. The molecule has 152 valence electrons. The molecule has 0 saturated carbocycles. The number of benzene rings is 3. The number of amides is 1. The number of nitriles is 1. The number of nitrogens with zero attached hydrogens (tertiary/aromatic N) is 2. The highest BCUT2D eigenvalue weighted by Crippen LogP contribution is 2.25. The van der Waals surface area contributed by atoms with Crippen LogP contribution in [-0.2, 0) is 11.3 Å². The molecule has 0 unspecified atom stereocenters. The van der Waals surface area contributed by atoms with Crippen molar-refractivity contribution in [2.45, 2.75) is 6.54 Å². The minimum Gasteiger partial charge on any atom is -0.342 e. The molecule has 0 aliphatic rings. The first-order valence-corrected chi connectivity index (χ1v) is 10.3. The third kappa shape index (κ3) is 4.80. The van der Waals surface area contributed by atoms with E-state index in [2.05, 4.69) is 9.88 Å². The second kappa shape index (κ2) is 9.09. The molecule has 6 heteroatoms. The summed E-state index contributed by atoms with van der Waals surface area (Å²) < 4.78 is 2.09. The fourth-order valence-corrected chi connectivity index (χ4v) is 3.60. The number of hydrogen-bond donors (Lipinski definition) is 1. The van der Waals surface area contributed by atoms with E-state index in [0.29, 0.717) is 22.3 Å². The number of para-hydroxylation sites is 1. The average Bonchev–Trinajstić information content (AvgIpc) is 3.12. The van der Waals surface area contributed by atoms with Gasteiger partial charge in [0.1, 0.15) is 11.6 Å². The predicted molar refractivity (Wildman–Crippen MR) is 126 cm³/mol. The summed E-state index contributed by atoms with van der Waals surface area (Å²) in [6, 6.07) is 24.3.